The van der Waals surface area contributed by atoms with Crippen LogP contribution >= 0.6 is 11.6 Å². The molecule has 2 aromatic heterocycles. The lowest BCUT2D eigenvalue weighted by atomic mass is 9.97. The van der Waals surface area contributed by atoms with Crippen LogP contribution in [-0.4, -0.2) is 25.5 Å². The number of alkyl halides is 3. The topological polar surface area (TPSA) is 52.7 Å². The van der Waals surface area contributed by atoms with Gasteiger partial charge in [-0.25, -0.2) is 13.9 Å². The van der Waals surface area contributed by atoms with E-state index < -0.39 is 23.6 Å². The molecule has 0 fully saturated rings. The third kappa shape index (κ3) is 3.10. The molecular weight excluding hydrogens is 340 g/mol. The maximum absolute atomic E-state index is 13.0. The number of aromatic nitrogens is 4. The second-order valence-electron chi connectivity index (χ2n) is 5.32. The lowest BCUT2D eigenvalue weighted by molar-refractivity contribution is -0.179. The Bertz CT molecular complexity index is 798. The van der Waals surface area contributed by atoms with Crippen LogP contribution in [0.1, 0.15) is 17.9 Å². The van der Waals surface area contributed by atoms with E-state index in [1.807, 2.05) is 0 Å². The van der Waals surface area contributed by atoms with Gasteiger partial charge in [0.2, 0.25) is 0 Å². The van der Waals surface area contributed by atoms with E-state index in [-0.39, 0.29) is 42.5 Å². The van der Waals surface area contributed by atoms with Crippen LogP contribution < -0.4 is 5.69 Å². The van der Waals surface area contributed by atoms with Gasteiger partial charge in [-0.1, -0.05) is 11.6 Å². The standard InChI is InChI=1S/C13H11ClF4N4O/c14-9-4-8(15)5-19-10(9)6-22-12(23)21-2-1-7(13(16,17)18)3-11(21)20-22/h4-5,7H,1-3,6H2/t7-/m1/s1. The summed E-state index contributed by atoms with van der Waals surface area (Å²) in [5.41, 5.74) is -0.305. The molecule has 1 aliphatic heterocycles. The Morgan fingerprint density at radius 3 is 2.78 bits per heavy atom. The van der Waals surface area contributed by atoms with Gasteiger partial charge in [0.1, 0.15) is 11.6 Å². The molecule has 3 rings (SSSR count). The highest BCUT2D eigenvalue weighted by Crippen LogP contribution is 2.33. The minimum Gasteiger partial charge on any atom is -0.279 e. The number of fused-ring (bicyclic) bond motifs is 1. The van der Waals surface area contributed by atoms with E-state index in [1.165, 1.54) is 4.57 Å². The van der Waals surface area contributed by atoms with Crippen LogP contribution in [0.2, 0.25) is 5.02 Å². The fourth-order valence-electron chi connectivity index (χ4n) is 2.55. The third-order valence-electron chi connectivity index (χ3n) is 3.78. The Balaban J connectivity index is 1.89. The van der Waals surface area contributed by atoms with Crippen molar-refractivity contribution in [1.82, 2.24) is 19.3 Å². The summed E-state index contributed by atoms with van der Waals surface area (Å²) in [5.74, 6) is -2.04. The van der Waals surface area contributed by atoms with Gasteiger partial charge in [0.15, 0.2) is 0 Å². The SMILES string of the molecule is O=c1n(Cc2ncc(F)cc2Cl)nc2n1CC[C@@H](C(F)(F)F)C2. The van der Waals surface area contributed by atoms with Gasteiger partial charge in [-0.3, -0.25) is 9.55 Å². The Hall–Kier alpha value is -1.90. The first-order valence-corrected chi connectivity index (χ1v) is 7.16. The maximum atomic E-state index is 13.0. The van der Waals surface area contributed by atoms with Gasteiger partial charge >= 0.3 is 11.9 Å². The number of hydrogen-bond acceptors (Lipinski definition) is 3. The van der Waals surface area contributed by atoms with Gasteiger partial charge in [0.25, 0.3) is 0 Å². The van der Waals surface area contributed by atoms with Crippen molar-refractivity contribution in [3.05, 3.63) is 45.1 Å². The minimum absolute atomic E-state index is 0.0241. The number of halogens is 5. The fraction of sp³-hybridized carbons (Fsp3) is 0.462. The summed E-state index contributed by atoms with van der Waals surface area (Å²) in [4.78, 5) is 16.0. The van der Waals surface area contributed by atoms with Crippen molar-refractivity contribution in [1.29, 1.82) is 0 Å². The fourth-order valence-corrected chi connectivity index (χ4v) is 2.77. The molecule has 2 aromatic rings. The first-order chi connectivity index (χ1) is 10.8. The number of pyridine rings is 1. The van der Waals surface area contributed by atoms with Gasteiger partial charge < -0.3 is 0 Å². The zero-order chi connectivity index (χ0) is 16.8. The predicted octanol–water partition coefficient (Wildman–Crippen LogP) is 2.41. The molecule has 0 unspecified atom stereocenters. The molecule has 0 aliphatic carbocycles. The second kappa shape index (κ2) is 5.63. The monoisotopic (exact) mass is 350 g/mol. The quantitative estimate of drug-likeness (QED) is 0.782. The van der Waals surface area contributed by atoms with Gasteiger partial charge in [-0.15, -0.1) is 0 Å². The number of rotatable bonds is 2. The average molecular weight is 351 g/mol. The Labute approximate surface area is 132 Å². The van der Waals surface area contributed by atoms with Crippen molar-refractivity contribution in [2.45, 2.75) is 32.1 Å². The molecule has 0 saturated heterocycles. The Morgan fingerprint density at radius 1 is 1.39 bits per heavy atom. The molecule has 0 N–H and O–H groups in total. The summed E-state index contributed by atoms with van der Waals surface area (Å²) in [5, 5.41) is 3.97. The number of nitrogens with zero attached hydrogens (tertiary/aromatic N) is 4. The largest absolute Gasteiger partial charge is 0.392 e. The van der Waals surface area contributed by atoms with Crippen LogP contribution in [0.4, 0.5) is 17.6 Å². The van der Waals surface area contributed by atoms with Crippen molar-refractivity contribution in [2.24, 2.45) is 5.92 Å². The maximum Gasteiger partial charge on any atom is 0.392 e. The van der Waals surface area contributed by atoms with E-state index in [1.54, 1.807) is 0 Å². The van der Waals surface area contributed by atoms with Gasteiger partial charge in [0, 0.05) is 13.0 Å². The molecule has 0 spiro atoms. The minimum atomic E-state index is -4.31. The number of hydrogen-bond donors (Lipinski definition) is 0. The van der Waals surface area contributed by atoms with Crippen LogP contribution in [0.3, 0.4) is 0 Å². The first-order valence-electron chi connectivity index (χ1n) is 6.79. The molecule has 0 saturated carbocycles. The molecule has 0 aromatic carbocycles. The van der Waals surface area contributed by atoms with Gasteiger partial charge in [-0.05, 0) is 12.5 Å². The molecule has 5 nitrogen and oxygen atoms in total. The smallest absolute Gasteiger partial charge is 0.279 e. The van der Waals surface area contributed by atoms with Crippen LogP contribution in [0.5, 0.6) is 0 Å². The van der Waals surface area contributed by atoms with Gasteiger partial charge in [-0.2, -0.15) is 18.3 Å². The van der Waals surface area contributed by atoms with Crippen LogP contribution in [-0.2, 0) is 19.5 Å². The van der Waals surface area contributed by atoms with Crippen molar-refractivity contribution in [3.8, 4) is 0 Å². The summed E-state index contributed by atoms with van der Waals surface area (Å²) in [7, 11) is 0. The highest BCUT2D eigenvalue weighted by molar-refractivity contribution is 6.31. The summed E-state index contributed by atoms with van der Waals surface area (Å²) >= 11 is 5.84. The van der Waals surface area contributed by atoms with E-state index in [9.17, 15) is 22.4 Å². The average Bonchev–Trinajstić information content (AvgIpc) is 2.77. The van der Waals surface area contributed by atoms with E-state index >= 15 is 0 Å². The van der Waals surface area contributed by atoms with E-state index in [0.717, 1.165) is 16.9 Å². The highest BCUT2D eigenvalue weighted by Gasteiger charge is 2.42. The zero-order valence-corrected chi connectivity index (χ0v) is 12.4. The van der Waals surface area contributed by atoms with E-state index in [2.05, 4.69) is 10.1 Å². The van der Waals surface area contributed by atoms with Crippen LogP contribution in [0.25, 0.3) is 0 Å². The molecule has 0 radical (unpaired) electrons. The molecule has 23 heavy (non-hydrogen) atoms. The molecule has 3 heterocycles. The Morgan fingerprint density at radius 2 is 2.13 bits per heavy atom. The van der Waals surface area contributed by atoms with Crippen LogP contribution in [0, 0.1) is 11.7 Å². The molecule has 0 bridgehead atoms. The first kappa shape index (κ1) is 16.0. The Kier molecular flexibility index (Phi) is 3.91. The third-order valence-corrected chi connectivity index (χ3v) is 4.10. The van der Waals surface area contributed by atoms with E-state index in [0.29, 0.717) is 0 Å². The zero-order valence-electron chi connectivity index (χ0n) is 11.6. The van der Waals surface area contributed by atoms with Crippen molar-refractivity contribution in [3.63, 3.8) is 0 Å². The summed E-state index contributed by atoms with van der Waals surface area (Å²) in [6, 6.07) is 1.05. The lowest BCUT2D eigenvalue weighted by Gasteiger charge is -2.23. The summed E-state index contributed by atoms with van der Waals surface area (Å²) in [6.07, 6.45) is -3.86. The second-order valence-corrected chi connectivity index (χ2v) is 5.73. The highest BCUT2D eigenvalue weighted by atomic mass is 35.5. The molecule has 0 amide bonds. The molecular formula is C13H11ClF4N4O. The molecule has 10 heteroatoms. The van der Waals surface area contributed by atoms with E-state index in [4.69, 9.17) is 11.6 Å². The summed E-state index contributed by atoms with van der Waals surface area (Å²) < 4.78 is 53.6. The molecule has 124 valence electrons. The van der Waals surface area contributed by atoms with Crippen molar-refractivity contribution >= 4 is 11.6 Å². The normalized spacial score (nSPS) is 18.0. The van der Waals surface area contributed by atoms with Gasteiger partial charge in [0.05, 0.1) is 29.4 Å². The molecule has 1 atom stereocenters. The summed E-state index contributed by atoms with van der Waals surface area (Å²) in [6.45, 7) is -0.169. The predicted molar refractivity (Wildman–Crippen MR) is 72.7 cm³/mol. The van der Waals surface area contributed by atoms with Crippen molar-refractivity contribution < 1.29 is 17.6 Å². The van der Waals surface area contributed by atoms with Crippen molar-refractivity contribution in [2.75, 3.05) is 0 Å². The molecule has 1 aliphatic rings. The van der Waals surface area contributed by atoms with Crippen LogP contribution in [0.15, 0.2) is 17.1 Å². The lowest BCUT2D eigenvalue weighted by Crippen LogP contribution is -2.34.